The number of hydrogen-bond acceptors (Lipinski definition) is 9. The molecule has 1 aromatic heterocycles. The Kier molecular flexibility index (Phi) is 14.4. The van der Waals surface area contributed by atoms with E-state index in [0.717, 1.165) is 50.4 Å². The molecule has 1 amide bonds. The number of halogens is 4. The molecule has 1 unspecified atom stereocenters. The minimum atomic E-state index is -5.77. The van der Waals surface area contributed by atoms with Gasteiger partial charge in [-0.15, -0.1) is 11.8 Å². The van der Waals surface area contributed by atoms with Gasteiger partial charge in [0.05, 0.1) is 35.1 Å². The molecule has 2 aliphatic rings. The van der Waals surface area contributed by atoms with E-state index in [1.165, 1.54) is 23.9 Å². The van der Waals surface area contributed by atoms with Crippen molar-refractivity contribution in [1.29, 1.82) is 0 Å². The minimum absolute atomic E-state index is 0.0228. The number of aromatic nitrogens is 1. The Morgan fingerprint density at radius 3 is 2.14 bits per heavy atom. The van der Waals surface area contributed by atoms with Crippen LogP contribution in [0.3, 0.4) is 0 Å². The third kappa shape index (κ3) is 10.2. The summed E-state index contributed by atoms with van der Waals surface area (Å²) in [5, 5.41) is 3.44. The quantitative estimate of drug-likeness (QED) is 0.0814. The average molecular weight is 978 g/mol. The van der Waals surface area contributed by atoms with Crippen molar-refractivity contribution >= 4 is 72.8 Å². The fraction of sp³-hybridized carbons (Fsp3) is 0.271. The van der Waals surface area contributed by atoms with Gasteiger partial charge < -0.3 is 34.0 Å². The number of morpholine rings is 1. The second-order valence-corrected chi connectivity index (χ2v) is 20.5. The molecule has 18 heteroatoms. The van der Waals surface area contributed by atoms with Gasteiger partial charge in [0.25, 0.3) is 15.7 Å². The highest BCUT2D eigenvalue weighted by molar-refractivity contribution is 7.99. The van der Waals surface area contributed by atoms with Crippen LogP contribution in [0.15, 0.2) is 136 Å². The Balaban J connectivity index is 0.944. The SMILES string of the molecule is Cc1c(C(=O)N2CCOCC2)c(-c2cccc(N3CCN(c4ccc(NS(=O)c5ccc(NCCSc6ccccc6)c(S(=O)(=O)C(F)(F)F)c5)cc4)CC3)c2)c(-c2ccc(Cl)cc2)n1C. The van der Waals surface area contributed by atoms with E-state index in [-0.39, 0.29) is 23.0 Å². The summed E-state index contributed by atoms with van der Waals surface area (Å²) in [5.74, 6) is 0.443. The molecular weight excluding hydrogens is 929 g/mol. The van der Waals surface area contributed by atoms with Gasteiger partial charge >= 0.3 is 5.51 Å². The number of carbonyl (C=O) groups excluding carboxylic acids is 1. The van der Waals surface area contributed by atoms with Gasteiger partial charge in [-0.2, -0.15) is 13.2 Å². The van der Waals surface area contributed by atoms with Gasteiger partial charge in [0.2, 0.25) is 0 Å². The number of carbonyl (C=O) groups is 1. The molecule has 346 valence electrons. The summed E-state index contributed by atoms with van der Waals surface area (Å²) in [4.78, 5) is 20.5. The Morgan fingerprint density at radius 1 is 0.803 bits per heavy atom. The largest absolute Gasteiger partial charge is 0.501 e. The standard InChI is InChI=1S/C48H48ClF3N6O5S3/c1-33-44(47(59)58-26-28-63-29-27-58)45(46(55(33)2)34-11-13-36(49)14-12-34)35-7-6-8-39(31-35)57-24-22-56(23-25-57)38-17-15-37(16-18-38)54-65(60)41-19-20-42(43(32-41)66(61,62)48(50,51)52)53-21-30-64-40-9-4-3-5-10-40/h3-20,31-32,53-54H,21-30H2,1-2H3. The predicted molar refractivity (Wildman–Crippen MR) is 259 cm³/mol. The van der Waals surface area contributed by atoms with Crippen LogP contribution in [0.5, 0.6) is 0 Å². The lowest BCUT2D eigenvalue weighted by atomic mass is 9.95. The Morgan fingerprint density at radius 2 is 1.47 bits per heavy atom. The Bertz CT molecular complexity index is 2820. The molecule has 0 bridgehead atoms. The van der Waals surface area contributed by atoms with Crippen molar-refractivity contribution < 1.29 is 35.3 Å². The number of anilines is 4. The van der Waals surface area contributed by atoms with Crippen LogP contribution in [0.4, 0.5) is 35.9 Å². The van der Waals surface area contributed by atoms with Gasteiger partial charge in [-0.05, 0) is 96.9 Å². The van der Waals surface area contributed by atoms with Crippen LogP contribution in [-0.2, 0) is 32.6 Å². The molecule has 3 heterocycles. The van der Waals surface area contributed by atoms with Gasteiger partial charge in [-0.25, -0.2) is 12.6 Å². The number of sulfone groups is 1. The van der Waals surface area contributed by atoms with E-state index in [4.69, 9.17) is 16.3 Å². The van der Waals surface area contributed by atoms with Crippen molar-refractivity contribution in [2.45, 2.75) is 27.1 Å². The highest BCUT2D eigenvalue weighted by Crippen LogP contribution is 2.41. The third-order valence-electron chi connectivity index (χ3n) is 11.7. The molecule has 0 saturated carbocycles. The minimum Gasteiger partial charge on any atom is -0.383 e. The van der Waals surface area contributed by atoms with Crippen molar-refractivity contribution in [3.63, 3.8) is 0 Å². The number of piperazine rings is 1. The molecule has 0 spiro atoms. The molecule has 2 saturated heterocycles. The zero-order valence-electron chi connectivity index (χ0n) is 36.2. The summed E-state index contributed by atoms with van der Waals surface area (Å²) in [5.41, 5.74) is 1.83. The molecule has 2 aliphatic heterocycles. The van der Waals surface area contributed by atoms with Gasteiger partial charge in [-0.1, -0.05) is 54.1 Å². The number of benzene rings is 5. The molecular formula is C48H48ClF3N6O5S3. The fourth-order valence-electron chi connectivity index (χ4n) is 8.19. The second kappa shape index (κ2) is 20.2. The maximum Gasteiger partial charge on any atom is 0.501 e. The van der Waals surface area contributed by atoms with Crippen molar-refractivity contribution in [2.24, 2.45) is 7.05 Å². The summed E-state index contributed by atoms with van der Waals surface area (Å²) in [6, 6.07) is 36.0. The number of thioether (sulfide) groups is 1. The summed E-state index contributed by atoms with van der Waals surface area (Å²) in [6.45, 7) is 7.05. The van der Waals surface area contributed by atoms with Gasteiger partial charge in [0, 0.05) is 96.9 Å². The van der Waals surface area contributed by atoms with Crippen LogP contribution >= 0.6 is 23.4 Å². The molecule has 0 aliphatic carbocycles. The molecule has 5 aromatic carbocycles. The van der Waals surface area contributed by atoms with E-state index < -0.39 is 31.2 Å². The lowest BCUT2D eigenvalue weighted by molar-refractivity contribution is -0.0435. The third-order valence-corrected chi connectivity index (χ3v) is 15.6. The molecule has 1 atom stereocenters. The zero-order valence-corrected chi connectivity index (χ0v) is 39.4. The Hall–Kier alpha value is -5.46. The number of rotatable bonds is 14. The first-order chi connectivity index (χ1) is 31.7. The van der Waals surface area contributed by atoms with Gasteiger partial charge in [-0.3, -0.25) is 4.79 Å². The number of alkyl halides is 3. The number of hydrogen-bond donors (Lipinski definition) is 2. The lowest BCUT2D eigenvalue weighted by Gasteiger charge is -2.37. The topological polar surface area (TPSA) is 116 Å². The first-order valence-corrected chi connectivity index (χ1v) is 25.3. The molecule has 6 aromatic rings. The summed E-state index contributed by atoms with van der Waals surface area (Å²) in [6.07, 6.45) is 0. The number of ether oxygens (including phenoxy) is 1. The molecule has 0 radical (unpaired) electrons. The van der Waals surface area contributed by atoms with Crippen LogP contribution in [0.1, 0.15) is 16.1 Å². The van der Waals surface area contributed by atoms with E-state index in [1.807, 2.05) is 91.7 Å². The number of nitrogens with zero attached hydrogens (tertiary/aromatic N) is 4. The van der Waals surface area contributed by atoms with Crippen LogP contribution in [0, 0.1) is 6.92 Å². The van der Waals surface area contributed by atoms with E-state index in [0.29, 0.717) is 74.5 Å². The lowest BCUT2D eigenvalue weighted by Crippen LogP contribution is -2.46. The van der Waals surface area contributed by atoms with Crippen molar-refractivity contribution in [3.8, 4) is 22.4 Å². The summed E-state index contributed by atoms with van der Waals surface area (Å²) < 4.78 is 90.7. The number of amides is 1. The van der Waals surface area contributed by atoms with Crippen molar-refractivity contribution in [2.75, 3.05) is 84.6 Å². The maximum absolute atomic E-state index is 14.3. The summed E-state index contributed by atoms with van der Waals surface area (Å²) >= 11 is 7.76. The van der Waals surface area contributed by atoms with Crippen molar-refractivity contribution in [1.82, 2.24) is 9.47 Å². The van der Waals surface area contributed by atoms with E-state index in [1.54, 1.807) is 12.1 Å². The van der Waals surface area contributed by atoms with Crippen LogP contribution in [-0.4, -0.2) is 98.3 Å². The van der Waals surface area contributed by atoms with Crippen molar-refractivity contribution in [3.05, 3.63) is 138 Å². The maximum atomic E-state index is 14.3. The first kappa shape index (κ1) is 47.0. The number of nitrogens with one attached hydrogen (secondary N) is 2. The Labute approximate surface area is 394 Å². The van der Waals surface area contributed by atoms with Gasteiger partial charge in [0.1, 0.15) is 15.9 Å². The van der Waals surface area contributed by atoms with E-state index in [2.05, 4.69) is 42.6 Å². The second-order valence-electron chi connectivity index (χ2n) is 15.8. The zero-order chi connectivity index (χ0) is 46.6. The fourth-order valence-corrected chi connectivity index (χ4v) is 11.0. The van der Waals surface area contributed by atoms with E-state index in [9.17, 15) is 30.6 Å². The molecule has 66 heavy (non-hydrogen) atoms. The van der Waals surface area contributed by atoms with Crippen LogP contribution < -0.4 is 19.8 Å². The van der Waals surface area contributed by atoms with Crippen LogP contribution in [0.25, 0.3) is 22.4 Å². The monoisotopic (exact) mass is 976 g/mol. The van der Waals surface area contributed by atoms with E-state index >= 15 is 0 Å². The smallest absolute Gasteiger partial charge is 0.383 e. The highest BCUT2D eigenvalue weighted by Gasteiger charge is 2.48. The average Bonchev–Trinajstić information content (AvgIpc) is 3.59. The molecule has 8 rings (SSSR count). The summed E-state index contributed by atoms with van der Waals surface area (Å²) in [7, 11) is -5.86. The first-order valence-electron chi connectivity index (χ1n) is 21.3. The van der Waals surface area contributed by atoms with Gasteiger partial charge in [0.15, 0.2) is 0 Å². The normalized spacial score (nSPS) is 15.2. The molecule has 11 nitrogen and oxygen atoms in total. The molecule has 2 N–H and O–H groups in total. The van der Waals surface area contributed by atoms with Crippen LogP contribution in [0.2, 0.25) is 5.02 Å². The molecule has 2 fully saturated rings. The highest BCUT2D eigenvalue weighted by atomic mass is 35.5. The predicted octanol–water partition coefficient (Wildman–Crippen LogP) is 9.75.